The van der Waals surface area contributed by atoms with E-state index >= 15 is 0 Å². The highest BCUT2D eigenvalue weighted by Gasteiger charge is 2.17. The average molecular weight is 283 g/mol. The monoisotopic (exact) mass is 283 g/mol. The van der Waals surface area contributed by atoms with Gasteiger partial charge in [0.15, 0.2) is 0 Å². The molecule has 0 aliphatic carbocycles. The number of anilines is 3. The predicted molar refractivity (Wildman–Crippen MR) is 88.3 cm³/mol. The largest absolute Gasteiger partial charge is 0.497 e. The first-order valence-electron chi connectivity index (χ1n) is 7.26. The summed E-state index contributed by atoms with van der Waals surface area (Å²) < 4.78 is 5.20. The van der Waals surface area contributed by atoms with Gasteiger partial charge in [-0.25, -0.2) is 0 Å². The summed E-state index contributed by atoms with van der Waals surface area (Å²) >= 11 is 0. The molecule has 1 aliphatic rings. The second-order valence-electron chi connectivity index (χ2n) is 5.27. The summed E-state index contributed by atoms with van der Waals surface area (Å²) in [5.41, 5.74) is 9.15. The van der Waals surface area contributed by atoms with Gasteiger partial charge in [-0.15, -0.1) is 0 Å². The van der Waals surface area contributed by atoms with E-state index in [-0.39, 0.29) is 0 Å². The molecular formula is C17H21N3O. The van der Waals surface area contributed by atoms with E-state index in [9.17, 15) is 0 Å². The Hall–Kier alpha value is -2.36. The van der Waals surface area contributed by atoms with Crippen molar-refractivity contribution in [2.45, 2.75) is 0 Å². The molecule has 1 fully saturated rings. The number of nitrogens with two attached hydrogens (primary N) is 1. The second kappa shape index (κ2) is 5.95. The van der Waals surface area contributed by atoms with Crippen molar-refractivity contribution in [3.05, 3.63) is 48.5 Å². The lowest BCUT2D eigenvalue weighted by Crippen LogP contribution is -2.46. The van der Waals surface area contributed by atoms with Gasteiger partial charge >= 0.3 is 0 Å². The number of benzene rings is 2. The highest BCUT2D eigenvalue weighted by atomic mass is 16.5. The Bertz CT molecular complexity index is 589. The third-order valence-electron chi connectivity index (χ3n) is 3.95. The minimum absolute atomic E-state index is 0.824. The van der Waals surface area contributed by atoms with Crippen LogP contribution in [-0.2, 0) is 0 Å². The van der Waals surface area contributed by atoms with Gasteiger partial charge in [0, 0.05) is 43.2 Å². The molecule has 1 heterocycles. The van der Waals surface area contributed by atoms with E-state index in [2.05, 4.69) is 28.0 Å². The molecular weight excluding hydrogens is 262 g/mol. The maximum Gasteiger partial charge on any atom is 0.119 e. The van der Waals surface area contributed by atoms with Crippen LogP contribution in [0, 0.1) is 0 Å². The number of ether oxygens (including phenoxy) is 1. The van der Waals surface area contributed by atoms with Crippen LogP contribution in [-0.4, -0.2) is 33.3 Å². The summed E-state index contributed by atoms with van der Waals surface area (Å²) in [6.45, 7) is 4.05. The molecule has 0 aromatic heterocycles. The Balaban J connectivity index is 1.64. The van der Waals surface area contributed by atoms with Gasteiger partial charge in [0.05, 0.1) is 7.11 Å². The Kier molecular flexibility index (Phi) is 3.86. The minimum atomic E-state index is 0.824. The topological polar surface area (TPSA) is 41.7 Å². The molecule has 1 aliphatic heterocycles. The summed E-state index contributed by atoms with van der Waals surface area (Å²) in [6.07, 6.45) is 0. The van der Waals surface area contributed by atoms with E-state index < -0.39 is 0 Å². The van der Waals surface area contributed by atoms with Crippen molar-refractivity contribution >= 4 is 17.1 Å². The summed E-state index contributed by atoms with van der Waals surface area (Å²) in [5, 5.41) is 0. The molecule has 3 rings (SSSR count). The van der Waals surface area contributed by atoms with Gasteiger partial charge < -0.3 is 20.3 Å². The van der Waals surface area contributed by atoms with Crippen molar-refractivity contribution in [1.82, 2.24) is 0 Å². The lowest BCUT2D eigenvalue weighted by atomic mass is 10.2. The maximum atomic E-state index is 5.86. The van der Waals surface area contributed by atoms with Crippen LogP contribution >= 0.6 is 0 Å². The summed E-state index contributed by atoms with van der Waals surface area (Å²) in [4.78, 5) is 4.79. The fourth-order valence-electron chi connectivity index (χ4n) is 2.74. The molecule has 4 heteroatoms. The van der Waals surface area contributed by atoms with Crippen LogP contribution in [0.5, 0.6) is 5.75 Å². The van der Waals surface area contributed by atoms with E-state index in [0.717, 1.165) is 37.6 Å². The van der Waals surface area contributed by atoms with Crippen molar-refractivity contribution in [3.63, 3.8) is 0 Å². The average Bonchev–Trinajstić information content (AvgIpc) is 2.55. The molecule has 0 atom stereocenters. The Morgan fingerprint density at radius 2 is 1.48 bits per heavy atom. The van der Waals surface area contributed by atoms with Gasteiger partial charge in [0.1, 0.15) is 5.75 Å². The van der Waals surface area contributed by atoms with Crippen LogP contribution in [0.3, 0.4) is 0 Å². The van der Waals surface area contributed by atoms with E-state index in [1.54, 1.807) is 7.11 Å². The Labute approximate surface area is 125 Å². The quantitative estimate of drug-likeness (QED) is 0.879. The normalized spacial score (nSPS) is 15.1. The molecule has 0 amide bonds. The summed E-state index contributed by atoms with van der Waals surface area (Å²) in [5.74, 6) is 0.900. The van der Waals surface area contributed by atoms with Gasteiger partial charge in [0.25, 0.3) is 0 Å². The maximum absolute atomic E-state index is 5.86. The molecule has 110 valence electrons. The first kappa shape index (κ1) is 13.6. The number of hydrogen-bond acceptors (Lipinski definition) is 4. The fourth-order valence-corrected chi connectivity index (χ4v) is 2.74. The molecule has 2 aromatic rings. The standard InChI is InChI=1S/C17H21N3O/c1-21-17-7-5-15(6-8-17)19-9-11-20(12-10-19)16-4-2-3-14(18)13-16/h2-8,13H,9-12,18H2,1H3. The highest BCUT2D eigenvalue weighted by molar-refractivity contribution is 5.57. The first-order chi connectivity index (χ1) is 10.3. The lowest BCUT2D eigenvalue weighted by Gasteiger charge is -2.37. The van der Waals surface area contributed by atoms with Gasteiger partial charge in [-0.2, -0.15) is 0 Å². The molecule has 4 nitrogen and oxygen atoms in total. The third kappa shape index (κ3) is 3.05. The predicted octanol–water partition coefficient (Wildman–Crippen LogP) is 2.60. The first-order valence-corrected chi connectivity index (χ1v) is 7.26. The number of hydrogen-bond donors (Lipinski definition) is 1. The van der Waals surface area contributed by atoms with Crippen LogP contribution in [0.2, 0.25) is 0 Å². The zero-order valence-corrected chi connectivity index (χ0v) is 12.3. The molecule has 0 saturated carbocycles. The van der Waals surface area contributed by atoms with Gasteiger partial charge in [0.2, 0.25) is 0 Å². The van der Waals surface area contributed by atoms with Crippen molar-refractivity contribution in [2.75, 3.05) is 48.8 Å². The van der Waals surface area contributed by atoms with Crippen molar-refractivity contribution < 1.29 is 4.74 Å². The smallest absolute Gasteiger partial charge is 0.119 e. The van der Waals surface area contributed by atoms with Crippen LogP contribution in [0.4, 0.5) is 17.1 Å². The lowest BCUT2D eigenvalue weighted by molar-refractivity contribution is 0.415. The highest BCUT2D eigenvalue weighted by Crippen LogP contribution is 2.23. The third-order valence-corrected chi connectivity index (χ3v) is 3.95. The molecule has 0 unspecified atom stereocenters. The summed E-state index contributed by atoms with van der Waals surface area (Å²) in [7, 11) is 1.69. The number of nitrogen functional groups attached to an aromatic ring is 1. The van der Waals surface area contributed by atoms with Crippen LogP contribution in [0.1, 0.15) is 0 Å². The van der Waals surface area contributed by atoms with Crippen molar-refractivity contribution in [3.8, 4) is 5.75 Å². The van der Waals surface area contributed by atoms with Gasteiger partial charge in [-0.1, -0.05) is 6.07 Å². The van der Waals surface area contributed by atoms with E-state index in [1.165, 1.54) is 11.4 Å². The van der Waals surface area contributed by atoms with Crippen molar-refractivity contribution in [1.29, 1.82) is 0 Å². The van der Waals surface area contributed by atoms with E-state index in [4.69, 9.17) is 10.5 Å². The van der Waals surface area contributed by atoms with Crippen molar-refractivity contribution in [2.24, 2.45) is 0 Å². The second-order valence-corrected chi connectivity index (χ2v) is 5.27. The van der Waals surface area contributed by atoms with Gasteiger partial charge in [-0.05, 0) is 42.5 Å². The minimum Gasteiger partial charge on any atom is -0.497 e. The number of nitrogens with zero attached hydrogens (tertiary/aromatic N) is 2. The van der Waals surface area contributed by atoms with E-state index in [1.807, 2.05) is 30.3 Å². The Morgan fingerprint density at radius 3 is 2.05 bits per heavy atom. The van der Waals surface area contributed by atoms with Gasteiger partial charge in [-0.3, -0.25) is 0 Å². The zero-order chi connectivity index (χ0) is 14.7. The SMILES string of the molecule is COc1ccc(N2CCN(c3cccc(N)c3)CC2)cc1. The zero-order valence-electron chi connectivity index (χ0n) is 12.3. The Morgan fingerprint density at radius 1 is 0.857 bits per heavy atom. The van der Waals surface area contributed by atoms with Crippen LogP contribution in [0.25, 0.3) is 0 Å². The number of rotatable bonds is 3. The molecule has 1 saturated heterocycles. The summed E-state index contributed by atoms with van der Waals surface area (Å²) in [6, 6.07) is 16.4. The molecule has 0 bridgehead atoms. The molecule has 2 aromatic carbocycles. The molecule has 21 heavy (non-hydrogen) atoms. The fraction of sp³-hybridized carbons (Fsp3) is 0.294. The number of methoxy groups -OCH3 is 1. The van der Waals surface area contributed by atoms with E-state index in [0.29, 0.717) is 0 Å². The number of piperazine rings is 1. The van der Waals surface area contributed by atoms with Crippen LogP contribution < -0.4 is 20.3 Å². The molecule has 0 radical (unpaired) electrons. The molecule has 0 spiro atoms. The molecule has 2 N–H and O–H groups in total. The van der Waals surface area contributed by atoms with Crippen LogP contribution in [0.15, 0.2) is 48.5 Å².